The first kappa shape index (κ1) is 18.2. The Morgan fingerprint density at radius 1 is 1.38 bits per heavy atom. The second kappa shape index (κ2) is 7.59. The maximum atomic E-state index is 12.3. The lowest BCUT2D eigenvalue weighted by atomic mass is 10.1. The first-order valence-electron chi connectivity index (χ1n) is 7.57. The average Bonchev–Trinajstić information content (AvgIpc) is 3.37. The first-order chi connectivity index (χ1) is 11.3. The summed E-state index contributed by atoms with van der Waals surface area (Å²) in [4.78, 5) is 23.2. The van der Waals surface area contributed by atoms with Gasteiger partial charge in [-0.1, -0.05) is 12.1 Å². The molecule has 0 spiro atoms. The molecule has 0 radical (unpaired) electrons. The van der Waals surface area contributed by atoms with Crippen molar-refractivity contribution in [3.8, 4) is 0 Å². The van der Waals surface area contributed by atoms with Crippen LogP contribution < -0.4 is 10.0 Å². The van der Waals surface area contributed by atoms with E-state index in [1.165, 1.54) is 30.3 Å². The number of amides is 1. The number of nitrogens with one attached hydrogen (secondary N) is 2. The lowest BCUT2D eigenvalue weighted by molar-refractivity contribution is -0.137. The molecule has 1 aliphatic carbocycles. The Balaban J connectivity index is 2.13. The summed E-state index contributed by atoms with van der Waals surface area (Å²) < 4.78 is 26.5. The predicted octanol–water partition coefficient (Wildman–Crippen LogP) is 1.13. The van der Waals surface area contributed by atoms with Crippen LogP contribution in [0.4, 0.5) is 0 Å². The van der Waals surface area contributed by atoms with Gasteiger partial charge < -0.3 is 10.4 Å². The van der Waals surface area contributed by atoms with Crippen LogP contribution in [0.1, 0.15) is 29.6 Å². The summed E-state index contributed by atoms with van der Waals surface area (Å²) in [5.74, 6) is -1.28. The third-order valence-electron chi connectivity index (χ3n) is 3.73. The number of aliphatic carboxylic acids is 1. The Morgan fingerprint density at radius 3 is 2.67 bits per heavy atom. The third kappa shape index (κ3) is 4.90. The molecule has 7 nitrogen and oxygen atoms in total. The van der Waals surface area contributed by atoms with Gasteiger partial charge in [0.1, 0.15) is 0 Å². The minimum atomic E-state index is -3.73. The number of carbonyl (C=O) groups is 2. The minimum Gasteiger partial charge on any atom is -0.481 e. The summed E-state index contributed by atoms with van der Waals surface area (Å²) >= 11 is 0. The van der Waals surface area contributed by atoms with Crippen LogP contribution in [0.3, 0.4) is 0 Å². The Labute approximate surface area is 140 Å². The summed E-state index contributed by atoms with van der Waals surface area (Å²) in [6.45, 7) is 3.53. The Bertz CT molecular complexity index is 741. The zero-order valence-corrected chi connectivity index (χ0v) is 13.9. The molecule has 130 valence electrons. The summed E-state index contributed by atoms with van der Waals surface area (Å²) in [7, 11) is -3.73. The molecule has 1 aliphatic rings. The molecule has 1 aromatic rings. The minimum absolute atomic E-state index is 0.0294. The van der Waals surface area contributed by atoms with Gasteiger partial charge in [0.25, 0.3) is 5.91 Å². The van der Waals surface area contributed by atoms with E-state index < -0.39 is 27.9 Å². The van der Waals surface area contributed by atoms with E-state index in [-0.39, 0.29) is 29.3 Å². The molecular formula is C16H20N2O5S. The van der Waals surface area contributed by atoms with Gasteiger partial charge in [-0.25, -0.2) is 13.1 Å². The number of hydrogen-bond acceptors (Lipinski definition) is 4. The summed E-state index contributed by atoms with van der Waals surface area (Å²) in [5, 5.41) is 11.6. The van der Waals surface area contributed by atoms with Gasteiger partial charge in [-0.15, -0.1) is 6.58 Å². The van der Waals surface area contributed by atoms with Crippen molar-refractivity contribution < 1.29 is 23.1 Å². The lowest BCUT2D eigenvalue weighted by Gasteiger charge is -2.16. The molecule has 1 fully saturated rings. The van der Waals surface area contributed by atoms with E-state index in [0.717, 1.165) is 12.8 Å². The highest BCUT2D eigenvalue weighted by Crippen LogP contribution is 2.34. The highest BCUT2D eigenvalue weighted by molar-refractivity contribution is 7.89. The van der Waals surface area contributed by atoms with E-state index in [9.17, 15) is 18.0 Å². The molecule has 0 heterocycles. The summed E-state index contributed by atoms with van der Waals surface area (Å²) in [6.07, 6.45) is 3.05. The fourth-order valence-electron chi connectivity index (χ4n) is 2.33. The van der Waals surface area contributed by atoms with Crippen LogP contribution in [0.5, 0.6) is 0 Å². The number of benzene rings is 1. The van der Waals surface area contributed by atoms with Crippen molar-refractivity contribution in [2.24, 2.45) is 5.92 Å². The molecular weight excluding hydrogens is 332 g/mol. The molecule has 3 N–H and O–H groups in total. The number of rotatable bonds is 9. The van der Waals surface area contributed by atoms with Gasteiger partial charge >= 0.3 is 5.97 Å². The molecule has 0 unspecified atom stereocenters. The van der Waals surface area contributed by atoms with Gasteiger partial charge in [-0.05, 0) is 37.0 Å². The number of carboxylic acid groups (broad SMARTS) is 1. The normalized spacial score (nSPS) is 15.5. The molecule has 0 aromatic heterocycles. The fraction of sp³-hybridized carbons (Fsp3) is 0.375. The zero-order valence-electron chi connectivity index (χ0n) is 13.1. The van der Waals surface area contributed by atoms with Gasteiger partial charge in [-0.3, -0.25) is 9.59 Å². The molecule has 0 aliphatic heterocycles. The Hall–Kier alpha value is -2.19. The third-order valence-corrected chi connectivity index (χ3v) is 5.15. The molecule has 24 heavy (non-hydrogen) atoms. The first-order valence-corrected chi connectivity index (χ1v) is 9.05. The maximum Gasteiger partial charge on any atom is 0.305 e. The van der Waals surface area contributed by atoms with Crippen LogP contribution in [0.25, 0.3) is 0 Å². The second-order valence-corrected chi connectivity index (χ2v) is 7.45. The largest absolute Gasteiger partial charge is 0.481 e. The average molecular weight is 352 g/mol. The fourth-order valence-corrected chi connectivity index (χ4v) is 3.37. The molecule has 2 rings (SSSR count). The van der Waals surface area contributed by atoms with Crippen molar-refractivity contribution in [3.63, 3.8) is 0 Å². The molecule has 0 bridgehead atoms. The number of hydrogen-bond donors (Lipinski definition) is 3. The molecule has 8 heteroatoms. The van der Waals surface area contributed by atoms with E-state index >= 15 is 0 Å². The number of carbonyl (C=O) groups excluding carboxylic acids is 1. The molecule has 1 saturated carbocycles. The zero-order chi connectivity index (χ0) is 17.7. The van der Waals surface area contributed by atoms with E-state index in [0.29, 0.717) is 0 Å². The van der Waals surface area contributed by atoms with Gasteiger partial charge in [0.2, 0.25) is 10.0 Å². The standard InChI is InChI=1S/C16H20N2O5S/c1-2-8-17-24(22,23)13-5-3-4-12(9-13)16(21)18-14(10-15(19)20)11-6-7-11/h2-5,9,11,14,17H,1,6-8,10H2,(H,18,21)(H,19,20)/t14-/m1/s1. The number of carboxylic acids is 1. The maximum absolute atomic E-state index is 12.3. The Morgan fingerprint density at radius 2 is 2.08 bits per heavy atom. The van der Waals surface area contributed by atoms with Gasteiger partial charge in [-0.2, -0.15) is 0 Å². The van der Waals surface area contributed by atoms with E-state index in [2.05, 4.69) is 16.6 Å². The molecule has 0 saturated heterocycles. The van der Waals surface area contributed by atoms with Gasteiger partial charge in [0, 0.05) is 18.2 Å². The molecule has 1 atom stereocenters. The smallest absolute Gasteiger partial charge is 0.305 e. The van der Waals surface area contributed by atoms with Crippen LogP contribution in [0.2, 0.25) is 0 Å². The Kier molecular flexibility index (Phi) is 5.74. The lowest BCUT2D eigenvalue weighted by Crippen LogP contribution is -2.38. The van der Waals surface area contributed by atoms with E-state index in [1.807, 2.05) is 0 Å². The van der Waals surface area contributed by atoms with Crippen molar-refractivity contribution in [2.45, 2.75) is 30.2 Å². The van der Waals surface area contributed by atoms with Crippen LogP contribution in [0.15, 0.2) is 41.8 Å². The van der Waals surface area contributed by atoms with Gasteiger partial charge in [0.15, 0.2) is 0 Å². The quantitative estimate of drug-likeness (QED) is 0.577. The highest BCUT2D eigenvalue weighted by Gasteiger charge is 2.34. The topological polar surface area (TPSA) is 113 Å². The van der Waals surface area contributed by atoms with Crippen LogP contribution in [0, 0.1) is 5.92 Å². The van der Waals surface area contributed by atoms with E-state index in [4.69, 9.17) is 5.11 Å². The monoisotopic (exact) mass is 352 g/mol. The van der Waals surface area contributed by atoms with Crippen LogP contribution in [-0.4, -0.2) is 38.0 Å². The summed E-state index contributed by atoms with van der Waals surface area (Å²) in [5.41, 5.74) is 0.174. The molecule has 1 amide bonds. The summed E-state index contributed by atoms with van der Waals surface area (Å²) in [6, 6.07) is 5.19. The number of sulfonamides is 1. The van der Waals surface area contributed by atoms with Crippen molar-refractivity contribution in [1.82, 2.24) is 10.0 Å². The van der Waals surface area contributed by atoms with Crippen LogP contribution in [-0.2, 0) is 14.8 Å². The van der Waals surface area contributed by atoms with Gasteiger partial charge in [0.05, 0.1) is 11.3 Å². The van der Waals surface area contributed by atoms with E-state index in [1.54, 1.807) is 0 Å². The highest BCUT2D eigenvalue weighted by atomic mass is 32.2. The van der Waals surface area contributed by atoms with Crippen molar-refractivity contribution in [3.05, 3.63) is 42.5 Å². The van der Waals surface area contributed by atoms with Crippen molar-refractivity contribution in [1.29, 1.82) is 0 Å². The van der Waals surface area contributed by atoms with Crippen LogP contribution >= 0.6 is 0 Å². The second-order valence-electron chi connectivity index (χ2n) is 5.68. The predicted molar refractivity (Wildman–Crippen MR) is 88.1 cm³/mol. The SMILES string of the molecule is C=CCNS(=O)(=O)c1cccc(C(=O)N[C@H](CC(=O)O)C2CC2)c1. The van der Waals surface area contributed by atoms with Crippen molar-refractivity contribution in [2.75, 3.05) is 6.54 Å². The van der Waals surface area contributed by atoms with Crippen molar-refractivity contribution >= 4 is 21.9 Å². The molecule has 1 aromatic carbocycles.